The fraction of sp³-hybridized carbons (Fsp3) is 0.250. The summed E-state index contributed by atoms with van der Waals surface area (Å²) in [5.74, 6) is -0.512. The van der Waals surface area contributed by atoms with E-state index in [1.165, 1.54) is 33.4 Å². The third kappa shape index (κ3) is 4.53. The Morgan fingerprint density at radius 1 is 1.13 bits per heavy atom. The molecule has 0 saturated carbocycles. The van der Waals surface area contributed by atoms with Gasteiger partial charge in [-0.3, -0.25) is 4.79 Å². The fourth-order valence-corrected chi connectivity index (χ4v) is 4.83. The quantitative estimate of drug-likeness (QED) is 0.597. The SMILES string of the molecule is CCN(CC)S(=O)(=O)c1cc(NC(=O)c2cn(-c3ccc(C)cc3)nn2)ccc1Cl. The molecule has 0 radical (unpaired) electrons. The first-order chi connectivity index (χ1) is 14.3. The number of aryl methyl sites for hydroxylation is 1. The van der Waals surface area contributed by atoms with Crippen molar-refractivity contribution in [1.82, 2.24) is 19.3 Å². The van der Waals surface area contributed by atoms with Gasteiger partial charge in [0.25, 0.3) is 5.91 Å². The molecule has 0 aliphatic carbocycles. The largest absolute Gasteiger partial charge is 0.321 e. The molecule has 1 heterocycles. The van der Waals surface area contributed by atoms with Crippen molar-refractivity contribution in [3.63, 3.8) is 0 Å². The molecule has 0 aliphatic rings. The zero-order valence-corrected chi connectivity index (χ0v) is 18.4. The number of hydrogen-bond acceptors (Lipinski definition) is 5. The van der Waals surface area contributed by atoms with Crippen molar-refractivity contribution < 1.29 is 13.2 Å². The number of benzene rings is 2. The van der Waals surface area contributed by atoms with Crippen molar-refractivity contribution in [2.24, 2.45) is 0 Å². The molecule has 8 nitrogen and oxygen atoms in total. The molecular formula is C20H22ClN5O3S. The first kappa shape index (κ1) is 21.9. The number of carbonyl (C=O) groups is 1. The topological polar surface area (TPSA) is 97.2 Å². The lowest BCUT2D eigenvalue weighted by Gasteiger charge is -2.19. The average Bonchev–Trinajstić information content (AvgIpc) is 3.21. The van der Waals surface area contributed by atoms with Gasteiger partial charge in [-0.2, -0.15) is 4.31 Å². The van der Waals surface area contributed by atoms with Crippen molar-refractivity contribution in [2.45, 2.75) is 25.7 Å². The summed E-state index contributed by atoms with van der Waals surface area (Å²) in [6.45, 7) is 6.10. The molecule has 2 aromatic carbocycles. The third-order valence-electron chi connectivity index (χ3n) is 4.54. The van der Waals surface area contributed by atoms with Crippen LogP contribution in [0, 0.1) is 6.92 Å². The van der Waals surface area contributed by atoms with Crippen molar-refractivity contribution in [1.29, 1.82) is 0 Å². The molecule has 3 rings (SSSR count). The van der Waals surface area contributed by atoms with E-state index in [1.807, 2.05) is 31.2 Å². The Hall–Kier alpha value is -2.75. The van der Waals surface area contributed by atoms with E-state index in [0.717, 1.165) is 11.3 Å². The highest BCUT2D eigenvalue weighted by Crippen LogP contribution is 2.28. The number of amides is 1. The van der Waals surface area contributed by atoms with Crippen LogP contribution in [0.4, 0.5) is 5.69 Å². The number of anilines is 1. The first-order valence-electron chi connectivity index (χ1n) is 9.36. The molecule has 0 atom stereocenters. The zero-order chi connectivity index (χ0) is 21.9. The second-order valence-corrected chi connectivity index (χ2v) is 8.89. The van der Waals surface area contributed by atoms with Crippen LogP contribution in [0.25, 0.3) is 5.69 Å². The summed E-state index contributed by atoms with van der Waals surface area (Å²) < 4.78 is 28.4. The minimum atomic E-state index is -3.77. The maximum atomic E-state index is 12.8. The van der Waals surface area contributed by atoms with Gasteiger partial charge in [-0.05, 0) is 37.3 Å². The van der Waals surface area contributed by atoms with Crippen LogP contribution >= 0.6 is 11.6 Å². The Balaban J connectivity index is 1.83. The van der Waals surface area contributed by atoms with Gasteiger partial charge in [0.1, 0.15) is 4.90 Å². The van der Waals surface area contributed by atoms with E-state index in [9.17, 15) is 13.2 Å². The van der Waals surface area contributed by atoms with Crippen LogP contribution in [-0.2, 0) is 10.0 Å². The van der Waals surface area contributed by atoms with Crippen molar-refractivity contribution in [3.8, 4) is 5.69 Å². The van der Waals surface area contributed by atoms with E-state index in [1.54, 1.807) is 13.8 Å². The van der Waals surface area contributed by atoms with Crippen LogP contribution in [0.2, 0.25) is 5.02 Å². The fourth-order valence-electron chi connectivity index (χ4n) is 2.87. The van der Waals surface area contributed by atoms with Crippen molar-refractivity contribution in [3.05, 3.63) is 64.9 Å². The molecule has 158 valence electrons. The van der Waals surface area contributed by atoms with Crippen LogP contribution in [0.1, 0.15) is 29.9 Å². The summed E-state index contributed by atoms with van der Waals surface area (Å²) in [4.78, 5) is 12.5. The molecule has 1 amide bonds. The smallest absolute Gasteiger partial charge is 0.277 e. The van der Waals surface area contributed by atoms with Crippen LogP contribution in [-0.4, -0.2) is 46.7 Å². The maximum Gasteiger partial charge on any atom is 0.277 e. The van der Waals surface area contributed by atoms with E-state index in [2.05, 4.69) is 15.6 Å². The lowest BCUT2D eigenvalue weighted by molar-refractivity contribution is 0.102. The number of aromatic nitrogens is 3. The second kappa shape index (κ2) is 8.95. The lowest BCUT2D eigenvalue weighted by Crippen LogP contribution is -2.30. The summed E-state index contributed by atoms with van der Waals surface area (Å²) in [5.41, 5.74) is 2.26. The van der Waals surface area contributed by atoms with Gasteiger partial charge in [-0.15, -0.1) is 5.10 Å². The highest BCUT2D eigenvalue weighted by Gasteiger charge is 2.25. The van der Waals surface area contributed by atoms with Crippen molar-refractivity contribution >= 4 is 33.2 Å². The van der Waals surface area contributed by atoms with Gasteiger partial charge in [-0.1, -0.05) is 48.4 Å². The normalized spacial score (nSPS) is 11.6. The summed E-state index contributed by atoms with van der Waals surface area (Å²) in [6.07, 6.45) is 1.50. The Morgan fingerprint density at radius 3 is 2.43 bits per heavy atom. The average molecular weight is 448 g/mol. The Bertz CT molecular complexity index is 1160. The zero-order valence-electron chi connectivity index (χ0n) is 16.8. The summed E-state index contributed by atoms with van der Waals surface area (Å²) in [5, 5.41) is 10.6. The van der Waals surface area contributed by atoms with Gasteiger partial charge in [0, 0.05) is 18.8 Å². The van der Waals surface area contributed by atoms with E-state index in [-0.39, 0.29) is 15.6 Å². The van der Waals surface area contributed by atoms with E-state index in [0.29, 0.717) is 18.8 Å². The van der Waals surface area contributed by atoms with E-state index < -0.39 is 15.9 Å². The molecule has 0 unspecified atom stereocenters. The number of nitrogens with zero attached hydrogens (tertiary/aromatic N) is 4. The minimum Gasteiger partial charge on any atom is -0.321 e. The number of sulfonamides is 1. The molecule has 0 aliphatic heterocycles. The number of hydrogen-bond donors (Lipinski definition) is 1. The van der Waals surface area contributed by atoms with Crippen LogP contribution < -0.4 is 5.32 Å². The molecule has 10 heteroatoms. The number of halogens is 1. The molecule has 1 N–H and O–H groups in total. The molecule has 3 aromatic rings. The molecule has 0 spiro atoms. The predicted molar refractivity (Wildman–Crippen MR) is 116 cm³/mol. The Labute approximate surface area is 180 Å². The summed E-state index contributed by atoms with van der Waals surface area (Å²) in [7, 11) is -3.77. The molecular weight excluding hydrogens is 426 g/mol. The number of rotatable bonds is 7. The standard InChI is InChI=1S/C20H22ClN5O3S/c1-4-25(5-2)30(28,29)19-12-15(8-11-17(19)21)22-20(27)18-13-26(24-23-18)16-9-6-14(3)7-10-16/h6-13H,4-5H2,1-3H3,(H,22,27). The predicted octanol–water partition coefficient (Wildman–Crippen LogP) is 3.51. The molecule has 0 fully saturated rings. The van der Waals surface area contributed by atoms with E-state index in [4.69, 9.17) is 11.6 Å². The molecule has 0 saturated heterocycles. The van der Waals surface area contributed by atoms with Crippen LogP contribution in [0.3, 0.4) is 0 Å². The third-order valence-corrected chi connectivity index (χ3v) is 7.07. The molecule has 0 bridgehead atoms. The lowest BCUT2D eigenvalue weighted by atomic mass is 10.2. The van der Waals surface area contributed by atoms with Crippen LogP contribution in [0.15, 0.2) is 53.6 Å². The Morgan fingerprint density at radius 2 is 1.80 bits per heavy atom. The van der Waals surface area contributed by atoms with Gasteiger partial charge >= 0.3 is 0 Å². The van der Waals surface area contributed by atoms with Gasteiger partial charge in [0.15, 0.2) is 5.69 Å². The summed E-state index contributed by atoms with van der Waals surface area (Å²) >= 11 is 6.13. The van der Waals surface area contributed by atoms with Crippen molar-refractivity contribution in [2.75, 3.05) is 18.4 Å². The first-order valence-corrected chi connectivity index (χ1v) is 11.2. The van der Waals surface area contributed by atoms with Gasteiger partial charge in [0.2, 0.25) is 10.0 Å². The number of nitrogens with one attached hydrogen (secondary N) is 1. The van der Waals surface area contributed by atoms with E-state index >= 15 is 0 Å². The molecule has 30 heavy (non-hydrogen) atoms. The van der Waals surface area contributed by atoms with Gasteiger partial charge in [-0.25, -0.2) is 13.1 Å². The highest BCUT2D eigenvalue weighted by molar-refractivity contribution is 7.89. The number of carbonyl (C=O) groups excluding carboxylic acids is 1. The highest BCUT2D eigenvalue weighted by atomic mass is 35.5. The maximum absolute atomic E-state index is 12.8. The Kier molecular flexibility index (Phi) is 6.55. The second-order valence-electron chi connectivity index (χ2n) is 6.57. The minimum absolute atomic E-state index is 0.0611. The monoisotopic (exact) mass is 447 g/mol. The summed E-state index contributed by atoms with van der Waals surface area (Å²) in [6, 6.07) is 11.9. The van der Waals surface area contributed by atoms with Gasteiger partial charge in [0.05, 0.1) is 16.9 Å². The van der Waals surface area contributed by atoms with Gasteiger partial charge < -0.3 is 5.32 Å². The molecule has 1 aromatic heterocycles. The van der Waals surface area contributed by atoms with Crippen LogP contribution in [0.5, 0.6) is 0 Å².